The number of carbonyl (C=O) groups is 1. The molecule has 0 radical (unpaired) electrons. The lowest BCUT2D eigenvalue weighted by molar-refractivity contribution is 0.143. The molecule has 1 saturated heterocycles. The molecular weight excluding hydrogens is 338 g/mol. The molecule has 0 saturated carbocycles. The second-order valence-corrected chi connectivity index (χ2v) is 7.37. The molecule has 0 bridgehead atoms. The molecule has 0 atom stereocenters. The average Bonchev–Trinajstić information content (AvgIpc) is 2.65. The molecule has 0 unspecified atom stereocenters. The monoisotopic (exact) mass is 367 g/mol. The summed E-state index contributed by atoms with van der Waals surface area (Å²) in [6, 6.07) is 16.1. The SMILES string of the molecule is Cc1ccc(CN2CCN(C(=O)Nc3ccc(OC(C)C)cc3)CC2)cc1. The first kappa shape index (κ1) is 19.2. The molecule has 2 aromatic rings. The summed E-state index contributed by atoms with van der Waals surface area (Å²) in [4.78, 5) is 16.8. The number of hydrogen-bond donors (Lipinski definition) is 1. The smallest absolute Gasteiger partial charge is 0.321 e. The van der Waals surface area contributed by atoms with Crippen molar-refractivity contribution in [1.29, 1.82) is 0 Å². The predicted octanol–water partition coefficient (Wildman–Crippen LogP) is 4.13. The summed E-state index contributed by atoms with van der Waals surface area (Å²) in [6.07, 6.45) is 0.140. The minimum absolute atomic E-state index is 0.0393. The number of amides is 2. The van der Waals surface area contributed by atoms with Crippen LogP contribution in [0.25, 0.3) is 0 Å². The van der Waals surface area contributed by atoms with Crippen LogP contribution in [0.2, 0.25) is 0 Å². The fourth-order valence-corrected chi connectivity index (χ4v) is 3.15. The Labute approximate surface area is 161 Å². The average molecular weight is 367 g/mol. The van der Waals surface area contributed by atoms with Gasteiger partial charge in [0.1, 0.15) is 5.75 Å². The van der Waals surface area contributed by atoms with Gasteiger partial charge in [-0.15, -0.1) is 0 Å². The van der Waals surface area contributed by atoms with Crippen LogP contribution in [0.3, 0.4) is 0 Å². The van der Waals surface area contributed by atoms with E-state index in [1.54, 1.807) is 0 Å². The fraction of sp³-hybridized carbons (Fsp3) is 0.409. The molecule has 27 heavy (non-hydrogen) atoms. The summed E-state index contributed by atoms with van der Waals surface area (Å²) in [5.74, 6) is 0.813. The molecule has 2 amide bonds. The second kappa shape index (κ2) is 8.91. The zero-order valence-electron chi connectivity index (χ0n) is 16.4. The van der Waals surface area contributed by atoms with Crippen LogP contribution in [-0.4, -0.2) is 48.1 Å². The standard InChI is InChI=1S/C22H29N3O2/c1-17(2)27-21-10-8-20(9-11-21)23-22(26)25-14-12-24(13-15-25)16-19-6-4-18(3)5-7-19/h4-11,17H,12-16H2,1-3H3,(H,23,26). The maximum Gasteiger partial charge on any atom is 0.321 e. The van der Waals surface area contributed by atoms with Gasteiger partial charge in [-0.1, -0.05) is 29.8 Å². The van der Waals surface area contributed by atoms with E-state index in [1.165, 1.54) is 11.1 Å². The number of urea groups is 1. The Morgan fingerprint density at radius 3 is 2.22 bits per heavy atom. The van der Waals surface area contributed by atoms with Gasteiger partial charge in [-0.05, 0) is 50.6 Å². The Morgan fingerprint density at radius 1 is 1.00 bits per heavy atom. The molecule has 1 aliphatic rings. The molecular formula is C22H29N3O2. The molecule has 5 heteroatoms. The summed E-state index contributed by atoms with van der Waals surface area (Å²) in [7, 11) is 0. The molecule has 1 fully saturated rings. The normalized spacial score (nSPS) is 15.0. The van der Waals surface area contributed by atoms with Gasteiger partial charge in [-0.3, -0.25) is 4.90 Å². The van der Waals surface area contributed by atoms with E-state index in [2.05, 4.69) is 41.4 Å². The first-order chi connectivity index (χ1) is 13.0. The molecule has 0 aromatic heterocycles. The largest absolute Gasteiger partial charge is 0.491 e. The van der Waals surface area contributed by atoms with Gasteiger partial charge in [0.25, 0.3) is 0 Å². The molecule has 1 aliphatic heterocycles. The lowest BCUT2D eigenvalue weighted by atomic mass is 10.1. The van der Waals surface area contributed by atoms with E-state index in [-0.39, 0.29) is 12.1 Å². The van der Waals surface area contributed by atoms with Crippen LogP contribution in [0.15, 0.2) is 48.5 Å². The highest BCUT2D eigenvalue weighted by atomic mass is 16.5. The lowest BCUT2D eigenvalue weighted by Crippen LogP contribution is -2.49. The van der Waals surface area contributed by atoms with Gasteiger partial charge < -0.3 is 15.0 Å². The minimum atomic E-state index is -0.0393. The number of nitrogens with one attached hydrogen (secondary N) is 1. The first-order valence-electron chi connectivity index (χ1n) is 9.60. The summed E-state index contributed by atoms with van der Waals surface area (Å²) in [6.45, 7) is 10.3. The van der Waals surface area contributed by atoms with Gasteiger partial charge in [-0.2, -0.15) is 0 Å². The Bertz CT molecular complexity index is 733. The Hall–Kier alpha value is -2.53. The van der Waals surface area contributed by atoms with E-state index in [4.69, 9.17) is 4.74 Å². The van der Waals surface area contributed by atoms with Crippen molar-refractivity contribution < 1.29 is 9.53 Å². The Kier molecular flexibility index (Phi) is 6.35. The molecule has 1 N–H and O–H groups in total. The third kappa shape index (κ3) is 5.73. The highest BCUT2D eigenvalue weighted by molar-refractivity contribution is 5.89. The molecule has 2 aromatic carbocycles. The van der Waals surface area contributed by atoms with Crippen molar-refractivity contribution in [2.45, 2.75) is 33.4 Å². The predicted molar refractivity (Wildman–Crippen MR) is 109 cm³/mol. The lowest BCUT2D eigenvalue weighted by Gasteiger charge is -2.34. The topological polar surface area (TPSA) is 44.8 Å². The van der Waals surface area contributed by atoms with Crippen LogP contribution in [0.5, 0.6) is 5.75 Å². The summed E-state index contributed by atoms with van der Waals surface area (Å²) in [5.41, 5.74) is 3.39. The van der Waals surface area contributed by atoms with E-state index in [1.807, 2.05) is 43.0 Å². The third-order valence-corrected chi connectivity index (χ3v) is 4.66. The molecule has 0 aliphatic carbocycles. The van der Waals surface area contributed by atoms with Gasteiger partial charge >= 0.3 is 6.03 Å². The molecule has 144 valence electrons. The van der Waals surface area contributed by atoms with E-state index in [0.717, 1.165) is 44.2 Å². The second-order valence-electron chi connectivity index (χ2n) is 7.37. The molecule has 1 heterocycles. The number of anilines is 1. The van der Waals surface area contributed by atoms with Crippen LogP contribution in [-0.2, 0) is 6.54 Å². The number of nitrogens with zero attached hydrogens (tertiary/aromatic N) is 2. The third-order valence-electron chi connectivity index (χ3n) is 4.66. The zero-order valence-corrected chi connectivity index (χ0v) is 16.4. The maximum absolute atomic E-state index is 12.5. The number of rotatable bonds is 5. The molecule has 3 rings (SSSR count). The van der Waals surface area contributed by atoms with Crippen LogP contribution in [0.1, 0.15) is 25.0 Å². The van der Waals surface area contributed by atoms with Crippen molar-refractivity contribution in [2.75, 3.05) is 31.5 Å². The summed E-state index contributed by atoms with van der Waals surface area (Å²) >= 11 is 0. The summed E-state index contributed by atoms with van der Waals surface area (Å²) < 4.78 is 5.63. The number of ether oxygens (including phenoxy) is 1. The molecule has 5 nitrogen and oxygen atoms in total. The van der Waals surface area contributed by atoms with Crippen molar-refractivity contribution in [1.82, 2.24) is 9.80 Å². The van der Waals surface area contributed by atoms with Crippen molar-refractivity contribution in [3.8, 4) is 5.75 Å². The molecule has 0 spiro atoms. The van der Waals surface area contributed by atoms with E-state index < -0.39 is 0 Å². The maximum atomic E-state index is 12.5. The number of piperazine rings is 1. The fourth-order valence-electron chi connectivity index (χ4n) is 3.15. The minimum Gasteiger partial charge on any atom is -0.491 e. The van der Waals surface area contributed by atoms with Crippen molar-refractivity contribution in [3.63, 3.8) is 0 Å². The van der Waals surface area contributed by atoms with Crippen molar-refractivity contribution in [3.05, 3.63) is 59.7 Å². The van der Waals surface area contributed by atoms with Gasteiger partial charge in [0.2, 0.25) is 0 Å². The first-order valence-corrected chi connectivity index (χ1v) is 9.60. The van der Waals surface area contributed by atoms with Gasteiger partial charge in [0.15, 0.2) is 0 Å². The number of hydrogen-bond acceptors (Lipinski definition) is 3. The van der Waals surface area contributed by atoms with Gasteiger partial charge in [0.05, 0.1) is 6.10 Å². The van der Waals surface area contributed by atoms with Crippen LogP contribution in [0.4, 0.5) is 10.5 Å². The van der Waals surface area contributed by atoms with E-state index >= 15 is 0 Å². The zero-order chi connectivity index (χ0) is 19.2. The highest BCUT2D eigenvalue weighted by Gasteiger charge is 2.21. The highest BCUT2D eigenvalue weighted by Crippen LogP contribution is 2.18. The van der Waals surface area contributed by atoms with Crippen molar-refractivity contribution in [2.24, 2.45) is 0 Å². The van der Waals surface area contributed by atoms with Crippen LogP contribution >= 0.6 is 0 Å². The Balaban J connectivity index is 1.46. The van der Waals surface area contributed by atoms with Crippen LogP contribution < -0.4 is 10.1 Å². The quantitative estimate of drug-likeness (QED) is 0.864. The van der Waals surface area contributed by atoms with Gasteiger partial charge in [-0.25, -0.2) is 4.79 Å². The van der Waals surface area contributed by atoms with E-state index in [0.29, 0.717) is 0 Å². The van der Waals surface area contributed by atoms with Crippen molar-refractivity contribution >= 4 is 11.7 Å². The number of aryl methyl sites for hydroxylation is 1. The van der Waals surface area contributed by atoms with E-state index in [9.17, 15) is 4.79 Å². The number of carbonyl (C=O) groups excluding carboxylic acids is 1. The number of benzene rings is 2. The summed E-state index contributed by atoms with van der Waals surface area (Å²) in [5, 5.41) is 2.98. The van der Waals surface area contributed by atoms with Crippen LogP contribution in [0, 0.1) is 6.92 Å². The van der Waals surface area contributed by atoms with Gasteiger partial charge in [0, 0.05) is 38.4 Å². The Morgan fingerprint density at radius 2 is 1.63 bits per heavy atom.